The number of carbonyl (C=O) groups excluding carboxylic acids is 1. The average molecular weight is 383 g/mol. The molecule has 3 aromatic carbocycles. The van der Waals surface area contributed by atoms with Crippen LogP contribution in [0.5, 0.6) is 0 Å². The molecule has 0 saturated carbocycles. The first-order valence-electron chi connectivity index (χ1n) is 9.98. The number of carbonyl (C=O) groups is 1. The number of nitrogens with one attached hydrogen (secondary N) is 1. The molecule has 0 saturated heterocycles. The number of aromatic nitrogens is 1. The number of para-hydroxylation sites is 1. The molecule has 1 atom stereocenters. The van der Waals surface area contributed by atoms with Crippen LogP contribution in [0.4, 0.5) is 0 Å². The summed E-state index contributed by atoms with van der Waals surface area (Å²) in [5.41, 5.74) is 5.21. The summed E-state index contributed by atoms with van der Waals surface area (Å²) in [5, 5.41) is 1.15. The minimum Gasteiger partial charge on any atom is -0.376 e. The van der Waals surface area contributed by atoms with Crippen LogP contribution in [0.2, 0.25) is 0 Å². The summed E-state index contributed by atoms with van der Waals surface area (Å²) in [5.74, 6) is 0.134. The summed E-state index contributed by atoms with van der Waals surface area (Å²) in [4.78, 5) is 16.3. The van der Waals surface area contributed by atoms with Crippen molar-refractivity contribution in [1.82, 2.24) is 4.98 Å². The Morgan fingerprint density at radius 2 is 1.76 bits per heavy atom. The van der Waals surface area contributed by atoms with Gasteiger partial charge in [0.2, 0.25) is 0 Å². The normalized spacial score (nSPS) is 12.2. The van der Waals surface area contributed by atoms with Gasteiger partial charge in [0, 0.05) is 35.0 Å². The van der Waals surface area contributed by atoms with Crippen LogP contribution < -0.4 is 0 Å². The van der Waals surface area contributed by atoms with E-state index in [4.69, 9.17) is 4.74 Å². The first kappa shape index (κ1) is 19.2. The molecule has 4 rings (SSSR count). The highest BCUT2D eigenvalue weighted by Crippen LogP contribution is 2.30. The van der Waals surface area contributed by atoms with Gasteiger partial charge in [0.25, 0.3) is 0 Å². The van der Waals surface area contributed by atoms with Gasteiger partial charge >= 0.3 is 0 Å². The lowest BCUT2D eigenvalue weighted by Gasteiger charge is -2.17. The Hall–Kier alpha value is -3.17. The van der Waals surface area contributed by atoms with E-state index in [1.807, 2.05) is 67.7 Å². The summed E-state index contributed by atoms with van der Waals surface area (Å²) in [7, 11) is 0. The topological polar surface area (TPSA) is 42.1 Å². The van der Waals surface area contributed by atoms with Gasteiger partial charge in [-0.2, -0.15) is 0 Å². The van der Waals surface area contributed by atoms with Gasteiger partial charge in [-0.1, -0.05) is 72.3 Å². The summed E-state index contributed by atoms with van der Waals surface area (Å²) in [6, 6.07) is 26.1. The molecule has 0 bridgehead atoms. The van der Waals surface area contributed by atoms with Crippen molar-refractivity contribution < 1.29 is 9.53 Å². The van der Waals surface area contributed by atoms with Gasteiger partial charge in [0.15, 0.2) is 5.78 Å². The van der Waals surface area contributed by atoms with Crippen LogP contribution in [-0.2, 0) is 11.3 Å². The van der Waals surface area contributed by atoms with E-state index >= 15 is 0 Å². The van der Waals surface area contributed by atoms with E-state index in [0.29, 0.717) is 19.6 Å². The highest BCUT2D eigenvalue weighted by Gasteiger charge is 2.21. The van der Waals surface area contributed by atoms with Crippen LogP contribution in [0.25, 0.3) is 10.9 Å². The molecule has 0 spiro atoms. The van der Waals surface area contributed by atoms with Gasteiger partial charge in [-0.15, -0.1) is 0 Å². The van der Waals surface area contributed by atoms with Crippen molar-refractivity contribution in [3.8, 4) is 0 Å². The fourth-order valence-corrected chi connectivity index (χ4v) is 3.74. The van der Waals surface area contributed by atoms with Crippen LogP contribution in [0.3, 0.4) is 0 Å². The Bertz CT molecular complexity index is 1100. The Labute approximate surface area is 171 Å². The number of Topliss-reactive ketones (excluding diaryl/α,β-unsaturated/α-hetero) is 1. The molecule has 1 aromatic heterocycles. The van der Waals surface area contributed by atoms with Crippen molar-refractivity contribution in [3.05, 3.63) is 107 Å². The van der Waals surface area contributed by atoms with E-state index in [1.54, 1.807) is 0 Å². The molecule has 0 fully saturated rings. The number of aryl methyl sites for hydroxylation is 1. The van der Waals surface area contributed by atoms with Crippen molar-refractivity contribution in [2.75, 3.05) is 6.61 Å². The first-order chi connectivity index (χ1) is 14.2. The SMILES string of the molecule is Cc1cccc(C(=O)C[C@@H](COCc2ccccc2)c2c[nH]c3ccccc23)c1. The minimum atomic E-state index is -0.0112. The van der Waals surface area contributed by atoms with Gasteiger partial charge in [-0.25, -0.2) is 0 Å². The van der Waals surface area contributed by atoms with Crippen molar-refractivity contribution in [2.24, 2.45) is 0 Å². The Balaban J connectivity index is 1.55. The number of hydrogen-bond donors (Lipinski definition) is 1. The molecule has 0 unspecified atom stereocenters. The van der Waals surface area contributed by atoms with Gasteiger partial charge in [-0.05, 0) is 30.2 Å². The van der Waals surface area contributed by atoms with E-state index in [9.17, 15) is 4.79 Å². The van der Waals surface area contributed by atoms with E-state index in [1.165, 1.54) is 0 Å². The first-order valence-corrected chi connectivity index (χ1v) is 9.98. The van der Waals surface area contributed by atoms with Crippen molar-refractivity contribution in [1.29, 1.82) is 0 Å². The van der Waals surface area contributed by atoms with Crippen molar-refractivity contribution in [2.45, 2.75) is 25.9 Å². The third kappa shape index (κ3) is 4.64. The number of H-pyrrole nitrogens is 1. The molecule has 0 radical (unpaired) electrons. The van der Waals surface area contributed by atoms with Gasteiger partial charge in [0.1, 0.15) is 0 Å². The van der Waals surface area contributed by atoms with Gasteiger partial charge in [0.05, 0.1) is 13.2 Å². The van der Waals surface area contributed by atoms with E-state index < -0.39 is 0 Å². The summed E-state index contributed by atoms with van der Waals surface area (Å²) in [6.07, 6.45) is 2.44. The molecule has 0 amide bonds. The number of fused-ring (bicyclic) bond motifs is 1. The van der Waals surface area contributed by atoms with Crippen molar-refractivity contribution >= 4 is 16.7 Å². The monoisotopic (exact) mass is 383 g/mol. The Kier molecular flexibility index (Phi) is 5.87. The van der Waals surface area contributed by atoms with Gasteiger partial charge < -0.3 is 9.72 Å². The zero-order valence-corrected chi connectivity index (χ0v) is 16.6. The highest BCUT2D eigenvalue weighted by molar-refractivity contribution is 5.97. The summed E-state index contributed by atoms with van der Waals surface area (Å²) in [6.45, 7) is 3.05. The minimum absolute atomic E-state index is 0.0112. The van der Waals surface area contributed by atoms with Crippen LogP contribution in [0, 0.1) is 6.92 Å². The van der Waals surface area contributed by atoms with Gasteiger partial charge in [-0.3, -0.25) is 4.79 Å². The van der Waals surface area contributed by atoms with E-state index in [-0.39, 0.29) is 11.7 Å². The number of hydrogen-bond acceptors (Lipinski definition) is 2. The van der Waals surface area contributed by atoms with E-state index in [2.05, 4.69) is 29.2 Å². The molecule has 29 heavy (non-hydrogen) atoms. The lowest BCUT2D eigenvalue weighted by molar-refractivity contribution is 0.0868. The van der Waals surface area contributed by atoms with Crippen LogP contribution >= 0.6 is 0 Å². The zero-order valence-electron chi connectivity index (χ0n) is 16.6. The smallest absolute Gasteiger partial charge is 0.163 e. The number of aromatic amines is 1. The van der Waals surface area contributed by atoms with Crippen LogP contribution in [0.1, 0.15) is 39.4 Å². The fourth-order valence-electron chi connectivity index (χ4n) is 3.74. The summed E-state index contributed by atoms with van der Waals surface area (Å²) >= 11 is 0. The number of rotatable bonds is 8. The third-order valence-corrected chi connectivity index (χ3v) is 5.26. The number of ether oxygens (including phenoxy) is 1. The third-order valence-electron chi connectivity index (χ3n) is 5.26. The second-order valence-electron chi connectivity index (χ2n) is 7.48. The molecular weight excluding hydrogens is 358 g/mol. The average Bonchev–Trinajstić information content (AvgIpc) is 3.18. The molecule has 0 aliphatic carbocycles. The molecule has 0 aliphatic heterocycles. The van der Waals surface area contributed by atoms with E-state index in [0.717, 1.165) is 33.2 Å². The number of benzene rings is 3. The fraction of sp³-hybridized carbons (Fsp3) is 0.192. The molecule has 4 aromatic rings. The number of ketones is 1. The molecule has 0 aliphatic rings. The van der Waals surface area contributed by atoms with Crippen LogP contribution in [-0.4, -0.2) is 17.4 Å². The lowest BCUT2D eigenvalue weighted by atomic mass is 9.91. The second-order valence-corrected chi connectivity index (χ2v) is 7.48. The quantitative estimate of drug-likeness (QED) is 0.376. The zero-order chi connectivity index (χ0) is 20.1. The van der Waals surface area contributed by atoms with Crippen LogP contribution in [0.15, 0.2) is 85.1 Å². The molecule has 1 N–H and O–H groups in total. The molecule has 3 heteroatoms. The molecule has 1 heterocycles. The summed E-state index contributed by atoms with van der Waals surface area (Å²) < 4.78 is 6.05. The lowest BCUT2D eigenvalue weighted by Crippen LogP contribution is -2.13. The largest absolute Gasteiger partial charge is 0.376 e. The highest BCUT2D eigenvalue weighted by atomic mass is 16.5. The maximum absolute atomic E-state index is 13.0. The predicted octanol–water partition coefficient (Wildman–Crippen LogP) is 6.05. The Morgan fingerprint density at radius 3 is 2.59 bits per heavy atom. The standard InChI is InChI=1S/C26H25NO2/c1-19-8-7-11-21(14-19)26(28)15-22(18-29-17-20-9-3-2-4-10-20)24-16-27-25-13-6-5-12-23(24)25/h2-14,16,22,27H,15,17-18H2,1H3/t22-/m0/s1. The molecule has 3 nitrogen and oxygen atoms in total. The maximum atomic E-state index is 13.0. The second kappa shape index (κ2) is 8.89. The predicted molar refractivity (Wildman–Crippen MR) is 117 cm³/mol. The van der Waals surface area contributed by atoms with Crippen molar-refractivity contribution in [3.63, 3.8) is 0 Å². The molecule has 146 valence electrons. The Morgan fingerprint density at radius 1 is 0.966 bits per heavy atom. The molecular formula is C26H25NO2. The maximum Gasteiger partial charge on any atom is 0.163 e.